The number of hydrogen-bond acceptors (Lipinski definition) is 4. The Hall–Kier alpha value is -1.02. The summed E-state index contributed by atoms with van der Waals surface area (Å²) in [6.45, 7) is 0.848. The van der Waals surface area contributed by atoms with Crippen LogP contribution in [0.5, 0.6) is 0 Å². The molecule has 0 saturated heterocycles. The Labute approximate surface area is 89.4 Å². The molecular formula is C9H14N4S. The second-order valence-electron chi connectivity index (χ2n) is 3.08. The van der Waals surface area contributed by atoms with Gasteiger partial charge in [-0.3, -0.25) is 4.68 Å². The molecule has 0 unspecified atom stereocenters. The van der Waals surface area contributed by atoms with Crippen LogP contribution >= 0.6 is 12.6 Å². The van der Waals surface area contributed by atoms with Gasteiger partial charge in [0.05, 0.1) is 0 Å². The third-order valence-corrected chi connectivity index (χ3v) is 2.25. The number of nitrogens with zero attached hydrogens (tertiary/aromatic N) is 4. The molecule has 0 saturated carbocycles. The summed E-state index contributed by atoms with van der Waals surface area (Å²) in [4.78, 5) is 3.83. The van der Waals surface area contributed by atoms with Crippen molar-refractivity contribution in [2.24, 2.45) is 0 Å². The van der Waals surface area contributed by atoms with Gasteiger partial charge in [0, 0.05) is 6.54 Å². The first kappa shape index (κ1) is 11.1. The summed E-state index contributed by atoms with van der Waals surface area (Å²) >= 11 is 4.15. The van der Waals surface area contributed by atoms with Crippen LogP contribution in [0.3, 0.4) is 0 Å². The van der Waals surface area contributed by atoms with Crippen molar-refractivity contribution in [2.45, 2.75) is 32.2 Å². The molecule has 0 aromatic carbocycles. The highest BCUT2D eigenvalue weighted by Gasteiger charge is 1.97. The number of aromatic nitrogens is 3. The van der Waals surface area contributed by atoms with Crippen molar-refractivity contribution in [2.75, 3.05) is 5.75 Å². The van der Waals surface area contributed by atoms with E-state index in [1.807, 2.05) is 6.07 Å². The molecular weight excluding hydrogens is 196 g/mol. The number of nitriles is 1. The molecule has 0 spiro atoms. The van der Waals surface area contributed by atoms with Gasteiger partial charge in [0.2, 0.25) is 0 Å². The van der Waals surface area contributed by atoms with Gasteiger partial charge in [0.25, 0.3) is 5.82 Å². The van der Waals surface area contributed by atoms with E-state index in [0.29, 0.717) is 0 Å². The number of rotatable bonds is 6. The Morgan fingerprint density at radius 3 is 2.79 bits per heavy atom. The van der Waals surface area contributed by atoms with Crippen molar-refractivity contribution in [3.05, 3.63) is 12.2 Å². The number of hydrogen-bond donors (Lipinski definition) is 1. The van der Waals surface area contributed by atoms with E-state index in [4.69, 9.17) is 5.26 Å². The average molecular weight is 210 g/mol. The summed E-state index contributed by atoms with van der Waals surface area (Å²) in [6.07, 6.45) is 6.26. The molecule has 0 aliphatic carbocycles. The molecule has 0 amide bonds. The molecule has 4 nitrogen and oxygen atoms in total. The maximum absolute atomic E-state index is 8.50. The van der Waals surface area contributed by atoms with E-state index in [9.17, 15) is 0 Å². The Balaban J connectivity index is 2.16. The summed E-state index contributed by atoms with van der Waals surface area (Å²) < 4.78 is 1.72. The molecule has 5 heteroatoms. The minimum atomic E-state index is 0.250. The zero-order valence-electron chi connectivity index (χ0n) is 8.06. The summed E-state index contributed by atoms with van der Waals surface area (Å²) in [7, 11) is 0. The van der Waals surface area contributed by atoms with Crippen molar-refractivity contribution in [3.63, 3.8) is 0 Å². The molecule has 0 aliphatic heterocycles. The monoisotopic (exact) mass is 210 g/mol. The van der Waals surface area contributed by atoms with Crippen LogP contribution in [0, 0.1) is 11.3 Å². The third-order valence-electron chi connectivity index (χ3n) is 1.93. The van der Waals surface area contributed by atoms with Crippen molar-refractivity contribution >= 4 is 12.6 Å². The van der Waals surface area contributed by atoms with Gasteiger partial charge in [-0.2, -0.15) is 17.9 Å². The number of unbranched alkanes of at least 4 members (excludes halogenated alkanes) is 3. The van der Waals surface area contributed by atoms with Gasteiger partial charge in [0.15, 0.2) is 0 Å². The van der Waals surface area contributed by atoms with E-state index in [0.717, 1.165) is 18.7 Å². The molecule has 0 atom stereocenters. The van der Waals surface area contributed by atoms with E-state index in [1.54, 1.807) is 11.0 Å². The maximum atomic E-state index is 8.50. The quantitative estimate of drug-likeness (QED) is 0.573. The fourth-order valence-corrected chi connectivity index (χ4v) is 1.42. The SMILES string of the molecule is N#Cc1ncn(CCCCCCS)n1. The molecule has 1 heterocycles. The molecule has 0 radical (unpaired) electrons. The lowest BCUT2D eigenvalue weighted by atomic mass is 10.2. The van der Waals surface area contributed by atoms with Crippen molar-refractivity contribution in [3.8, 4) is 6.07 Å². The van der Waals surface area contributed by atoms with Gasteiger partial charge in [-0.15, -0.1) is 5.10 Å². The summed E-state index contributed by atoms with van der Waals surface area (Å²) in [6, 6.07) is 1.90. The highest BCUT2D eigenvalue weighted by molar-refractivity contribution is 7.80. The molecule has 1 rings (SSSR count). The zero-order chi connectivity index (χ0) is 10.2. The number of aryl methyl sites for hydroxylation is 1. The standard InChI is InChI=1S/C9H14N4S/c10-7-9-11-8-13(12-9)5-3-1-2-4-6-14/h8,14H,1-6H2. The van der Waals surface area contributed by atoms with Gasteiger partial charge >= 0.3 is 0 Å². The fraction of sp³-hybridized carbons (Fsp3) is 0.667. The summed E-state index contributed by atoms with van der Waals surface area (Å²) in [5, 5.41) is 12.5. The smallest absolute Gasteiger partial charge is 0.252 e. The molecule has 14 heavy (non-hydrogen) atoms. The zero-order valence-corrected chi connectivity index (χ0v) is 8.95. The lowest BCUT2D eigenvalue weighted by Crippen LogP contribution is -1.98. The lowest BCUT2D eigenvalue weighted by Gasteiger charge is -1.99. The maximum Gasteiger partial charge on any atom is 0.252 e. The molecule has 0 bridgehead atoms. The van der Waals surface area contributed by atoms with Crippen LogP contribution in [0.15, 0.2) is 6.33 Å². The van der Waals surface area contributed by atoms with Gasteiger partial charge in [-0.25, -0.2) is 4.98 Å². The summed E-state index contributed by atoms with van der Waals surface area (Å²) in [5.74, 6) is 1.21. The van der Waals surface area contributed by atoms with Gasteiger partial charge in [-0.1, -0.05) is 12.8 Å². The minimum absolute atomic E-state index is 0.250. The molecule has 0 N–H and O–H groups in total. The fourth-order valence-electron chi connectivity index (χ4n) is 1.19. The Morgan fingerprint density at radius 1 is 1.36 bits per heavy atom. The second kappa shape index (κ2) is 6.44. The first-order chi connectivity index (χ1) is 6.86. The van der Waals surface area contributed by atoms with Crippen LogP contribution in [-0.2, 0) is 6.54 Å². The first-order valence-electron chi connectivity index (χ1n) is 4.77. The number of thiol groups is 1. The van der Waals surface area contributed by atoms with Crippen molar-refractivity contribution in [1.82, 2.24) is 14.8 Å². The normalized spacial score (nSPS) is 10.0. The van der Waals surface area contributed by atoms with E-state index in [2.05, 4.69) is 22.7 Å². The second-order valence-corrected chi connectivity index (χ2v) is 3.53. The van der Waals surface area contributed by atoms with Gasteiger partial charge in [-0.05, 0) is 18.6 Å². The lowest BCUT2D eigenvalue weighted by molar-refractivity contribution is 0.540. The van der Waals surface area contributed by atoms with Gasteiger partial charge in [0.1, 0.15) is 12.4 Å². The Morgan fingerprint density at radius 2 is 2.14 bits per heavy atom. The van der Waals surface area contributed by atoms with Crippen molar-refractivity contribution < 1.29 is 0 Å². The van der Waals surface area contributed by atoms with E-state index >= 15 is 0 Å². The topological polar surface area (TPSA) is 54.5 Å². The molecule has 76 valence electrons. The molecule has 0 aliphatic rings. The summed E-state index contributed by atoms with van der Waals surface area (Å²) in [5.41, 5.74) is 0. The predicted octanol–water partition coefficient (Wildman–Crippen LogP) is 1.64. The Kier molecular flexibility index (Phi) is 5.08. The highest BCUT2D eigenvalue weighted by Crippen LogP contribution is 2.02. The first-order valence-corrected chi connectivity index (χ1v) is 5.40. The van der Waals surface area contributed by atoms with Crippen LogP contribution in [0.25, 0.3) is 0 Å². The third kappa shape index (κ3) is 3.79. The van der Waals surface area contributed by atoms with E-state index in [1.165, 1.54) is 19.3 Å². The van der Waals surface area contributed by atoms with Crippen LogP contribution in [0.4, 0.5) is 0 Å². The van der Waals surface area contributed by atoms with Crippen LogP contribution < -0.4 is 0 Å². The van der Waals surface area contributed by atoms with Gasteiger partial charge < -0.3 is 0 Å². The van der Waals surface area contributed by atoms with Crippen LogP contribution in [0.2, 0.25) is 0 Å². The van der Waals surface area contributed by atoms with E-state index < -0.39 is 0 Å². The van der Waals surface area contributed by atoms with E-state index in [-0.39, 0.29) is 5.82 Å². The Bertz CT molecular complexity index is 302. The van der Waals surface area contributed by atoms with Crippen molar-refractivity contribution in [1.29, 1.82) is 5.26 Å². The molecule has 1 aromatic heterocycles. The molecule has 0 fully saturated rings. The van der Waals surface area contributed by atoms with Crippen LogP contribution in [-0.4, -0.2) is 20.5 Å². The average Bonchev–Trinajstić information content (AvgIpc) is 2.65. The minimum Gasteiger partial charge on any atom is -0.252 e. The van der Waals surface area contributed by atoms with Crippen LogP contribution in [0.1, 0.15) is 31.5 Å². The highest BCUT2D eigenvalue weighted by atomic mass is 32.1. The molecule has 1 aromatic rings. The predicted molar refractivity (Wildman–Crippen MR) is 57.1 cm³/mol. The largest absolute Gasteiger partial charge is 0.252 e.